The van der Waals surface area contributed by atoms with Gasteiger partial charge in [-0.15, -0.1) is 0 Å². The van der Waals surface area contributed by atoms with Crippen molar-refractivity contribution >= 4 is 16.8 Å². The predicted octanol–water partition coefficient (Wildman–Crippen LogP) is 6.12. The van der Waals surface area contributed by atoms with Crippen LogP contribution in [0.4, 0.5) is 0 Å². The van der Waals surface area contributed by atoms with Gasteiger partial charge in [0.25, 0.3) is 0 Å². The molecule has 0 N–H and O–H groups in total. The number of hydrogen-bond donors (Lipinski definition) is 0. The average molecular weight is 278 g/mol. The van der Waals surface area contributed by atoms with Crippen molar-refractivity contribution in [3.63, 3.8) is 0 Å². The molecule has 1 aliphatic rings. The molecule has 110 valence electrons. The molecule has 3 rings (SSSR count). The van der Waals surface area contributed by atoms with Crippen molar-refractivity contribution in [1.29, 1.82) is 0 Å². The van der Waals surface area contributed by atoms with Gasteiger partial charge in [0, 0.05) is 0 Å². The van der Waals surface area contributed by atoms with Gasteiger partial charge in [0.15, 0.2) is 0 Å². The molecule has 0 spiro atoms. The first-order valence-corrected chi connectivity index (χ1v) is 7.93. The normalized spacial score (nSPS) is 15.2. The van der Waals surface area contributed by atoms with Crippen LogP contribution in [0, 0.1) is 5.41 Å². The second kappa shape index (κ2) is 4.47. The molecule has 0 heteroatoms. The summed E-state index contributed by atoms with van der Waals surface area (Å²) in [5.41, 5.74) is 6.33. The number of benzene rings is 2. The Morgan fingerprint density at radius 3 is 2.10 bits per heavy atom. The van der Waals surface area contributed by atoms with Crippen LogP contribution in [-0.2, 0) is 11.8 Å². The molecule has 0 saturated heterocycles. The standard InChI is InChI=1S/C21H26/c1-20(2,3)18-8-7-14-9-16-12-19(21(4,5)6)13-17(16)10-15(14)11-18/h7-11,13H,12H2,1-6H3. The molecule has 0 unspecified atom stereocenters. The number of allylic oxidation sites excluding steroid dienone is 1. The maximum absolute atomic E-state index is 2.40. The summed E-state index contributed by atoms with van der Waals surface area (Å²) in [6, 6.07) is 11.7. The summed E-state index contributed by atoms with van der Waals surface area (Å²) in [4.78, 5) is 0. The average Bonchev–Trinajstić information content (AvgIpc) is 2.76. The van der Waals surface area contributed by atoms with Crippen molar-refractivity contribution in [2.75, 3.05) is 0 Å². The summed E-state index contributed by atoms with van der Waals surface area (Å²) < 4.78 is 0. The third-order valence-corrected chi connectivity index (χ3v) is 4.64. The van der Waals surface area contributed by atoms with Gasteiger partial charge in [-0.05, 0) is 50.8 Å². The Balaban J connectivity index is 2.11. The molecule has 0 amide bonds. The van der Waals surface area contributed by atoms with Gasteiger partial charge in [-0.1, -0.05) is 77.5 Å². The Morgan fingerprint density at radius 2 is 1.48 bits per heavy atom. The molecule has 0 heterocycles. The van der Waals surface area contributed by atoms with E-state index in [2.05, 4.69) is 78.0 Å². The Bertz CT molecular complexity index is 731. The zero-order valence-corrected chi connectivity index (χ0v) is 14.2. The van der Waals surface area contributed by atoms with Crippen LogP contribution < -0.4 is 0 Å². The summed E-state index contributed by atoms with van der Waals surface area (Å²) in [6.07, 6.45) is 3.51. The van der Waals surface area contributed by atoms with Gasteiger partial charge in [-0.3, -0.25) is 0 Å². The van der Waals surface area contributed by atoms with E-state index in [1.807, 2.05) is 0 Å². The van der Waals surface area contributed by atoms with Crippen LogP contribution in [0.5, 0.6) is 0 Å². The molecule has 0 radical (unpaired) electrons. The molecule has 0 aliphatic heterocycles. The van der Waals surface area contributed by atoms with E-state index >= 15 is 0 Å². The first kappa shape index (κ1) is 14.4. The van der Waals surface area contributed by atoms with Crippen molar-refractivity contribution in [3.05, 3.63) is 52.6 Å². The lowest BCUT2D eigenvalue weighted by atomic mass is 9.85. The minimum absolute atomic E-state index is 0.208. The van der Waals surface area contributed by atoms with E-state index in [0.29, 0.717) is 0 Å². The first-order chi connectivity index (χ1) is 9.64. The van der Waals surface area contributed by atoms with Crippen LogP contribution in [-0.4, -0.2) is 0 Å². The maximum Gasteiger partial charge on any atom is -0.00524 e. The SMILES string of the molecule is CC(C)(C)C1=Cc2cc3cc(C(C)(C)C)ccc3cc2C1. The molecule has 0 bridgehead atoms. The quantitative estimate of drug-likeness (QED) is 0.544. The molecule has 21 heavy (non-hydrogen) atoms. The van der Waals surface area contributed by atoms with Crippen LogP contribution in [0.2, 0.25) is 0 Å². The highest BCUT2D eigenvalue weighted by Gasteiger charge is 2.23. The second-order valence-electron chi connectivity index (χ2n) is 8.46. The van der Waals surface area contributed by atoms with Crippen molar-refractivity contribution in [3.8, 4) is 0 Å². The molecular weight excluding hydrogens is 252 g/mol. The molecule has 2 aromatic carbocycles. The lowest BCUT2D eigenvalue weighted by Gasteiger charge is -2.20. The van der Waals surface area contributed by atoms with Crippen LogP contribution in [0.15, 0.2) is 35.9 Å². The fraction of sp³-hybridized carbons (Fsp3) is 0.429. The summed E-state index contributed by atoms with van der Waals surface area (Å²) in [7, 11) is 0. The lowest BCUT2D eigenvalue weighted by molar-refractivity contribution is 0.498. The fourth-order valence-electron chi connectivity index (χ4n) is 3.04. The van der Waals surface area contributed by atoms with Crippen molar-refractivity contribution in [1.82, 2.24) is 0 Å². The molecule has 2 aromatic rings. The third kappa shape index (κ3) is 2.64. The van der Waals surface area contributed by atoms with Crippen LogP contribution in [0.25, 0.3) is 16.8 Å². The summed E-state index contributed by atoms with van der Waals surface area (Å²) in [5.74, 6) is 0. The Kier molecular flexibility index (Phi) is 3.06. The summed E-state index contributed by atoms with van der Waals surface area (Å²) >= 11 is 0. The van der Waals surface area contributed by atoms with Crippen LogP contribution >= 0.6 is 0 Å². The Labute approximate surface area is 128 Å². The molecule has 1 aliphatic carbocycles. The maximum atomic E-state index is 2.40. The molecule has 0 saturated carbocycles. The van der Waals surface area contributed by atoms with Gasteiger partial charge in [0.05, 0.1) is 0 Å². The van der Waals surface area contributed by atoms with E-state index in [4.69, 9.17) is 0 Å². The van der Waals surface area contributed by atoms with Gasteiger partial charge in [0.1, 0.15) is 0 Å². The van der Waals surface area contributed by atoms with Gasteiger partial charge >= 0.3 is 0 Å². The molecule has 0 nitrogen and oxygen atoms in total. The number of hydrogen-bond acceptors (Lipinski definition) is 0. The van der Waals surface area contributed by atoms with Gasteiger partial charge in [-0.2, -0.15) is 0 Å². The van der Waals surface area contributed by atoms with Crippen molar-refractivity contribution < 1.29 is 0 Å². The number of fused-ring (bicyclic) bond motifs is 2. The minimum atomic E-state index is 0.208. The zero-order valence-electron chi connectivity index (χ0n) is 14.2. The van der Waals surface area contributed by atoms with Gasteiger partial charge in [0.2, 0.25) is 0 Å². The predicted molar refractivity (Wildman–Crippen MR) is 93.8 cm³/mol. The minimum Gasteiger partial charge on any atom is -0.0598 e. The van der Waals surface area contributed by atoms with E-state index in [9.17, 15) is 0 Å². The highest BCUT2D eigenvalue weighted by atomic mass is 14.3. The number of rotatable bonds is 0. The van der Waals surface area contributed by atoms with Crippen LogP contribution in [0.3, 0.4) is 0 Å². The Morgan fingerprint density at radius 1 is 0.762 bits per heavy atom. The lowest BCUT2D eigenvalue weighted by Crippen LogP contribution is -2.10. The molecule has 0 fully saturated rings. The largest absolute Gasteiger partial charge is 0.0598 e. The smallest absolute Gasteiger partial charge is 0.00524 e. The molecule has 0 aromatic heterocycles. The second-order valence-corrected chi connectivity index (χ2v) is 8.46. The van der Waals surface area contributed by atoms with E-state index < -0.39 is 0 Å². The van der Waals surface area contributed by atoms with Gasteiger partial charge < -0.3 is 0 Å². The van der Waals surface area contributed by atoms with E-state index in [0.717, 1.165) is 6.42 Å². The van der Waals surface area contributed by atoms with Gasteiger partial charge in [-0.25, -0.2) is 0 Å². The summed E-state index contributed by atoms with van der Waals surface area (Å²) in [5, 5.41) is 2.73. The fourth-order valence-corrected chi connectivity index (χ4v) is 3.04. The highest BCUT2D eigenvalue weighted by molar-refractivity contribution is 5.88. The first-order valence-electron chi connectivity index (χ1n) is 7.93. The third-order valence-electron chi connectivity index (χ3n) is 4.64. The van der Waals surface area contributed by atoms with Crippen molar-refractivity contribution in [2.24, 2.45) is 5.41 Å². The zero-order chi connectivity index (χ0) is 15.4. The van der Waals surface area contributed by atoms with E-state index in [-0.39, 0.29) is 10.8 Å². The molecule has 0 atom stereocenters. The van der Waals surface area contributed by atoms with Crippen LogP contribution in [0.1, 0.15) is 58.2 Å². The van der Waals surface area contributed by atoms with E-state index in [1.54, 1.807) is 5.57 Å². The van der Waals surface area contributed by atoms with Crippen molar-refractivity contribution in [2.45, 2.75) is 53.4 Å². The monoisotopic (exact) mass is 278 g/mol. The molecular formula is C21H26. The Hall–Kier alpha value is -1.56. The highest BCUT2D eigenvalue weighted by Crippen LogP contribution is 2.38. The van der Waals surface area contributed by atoms with E-state index in [1.165, 1.54) is 27.5 Å². The topological polar surface area (TPSA) is 0 Å². The summed E-state index contributed by atoms with van der Waals surface area (Å²) in [6.45, 7) is 13.8.